The van der Waals surface area contributed by atoms with E-state index in [9.17, 15) is 4.79 Å². The second-order valence-electron chi connectivity index (χ2n) is 6.19. The number of hydrogen-bond donors (Lipinski definition) is 1. The minimum absolute atomic E-state index is 0. The van der Waals surface area contributed by atoms with Crippen molar-refractivity contribution < 1.29 is 21.9 Å². The Bertz CT molecular complexity index is 830. The number of nitrogens with two attached hydrogens (primary N) is 1. The summed E-state index contributed by atoms with van der Waals surface area (Å²) in [5.41, 5.74) is 7.43. The van der Waals surface area contributed by atoms with E-state index in [0.717, 1.165) is 26.2 Å². The molecule has 11 heteroatoms. The summed E-state index contributed by atoms with van der Waals surface area (Å²) >= 11 is 10.7. The number of carbonyl (C=O) groups excluding carboxylic acids is 1. The first kappa shape index (κ1) is 28.9. The van der Waals surface area contributed by atoms with Crippen LogP contribution in [-0.4, -0.2) is 63.6 Å². The van der Waals surface area contributed by atoms with Crippen LogP contribution in [0.4, 0.5) is 0 Å². The smallest absolute Gasteiger partial charge is 0.741 e. The van der Waals surface area contributed by atoms with Crippen molar-refractivity contribution in [2.45, 2.75) is 34.6 Å². The van der Waals surface area contributed by atoms with Gasteiger partial charge in [-0.05, 0) is 46.8 Å². The minimum atomic E-state index is -0.502. The molecule has 173 valence electrons. The van der Waals surface area contributed by atoms with Crippen molar-refractivity contribution in [3.63, 3.8) is 0 Å². The Hall–Kier alpha value is -2.07. The Balaban J connectivity index is 0.00000900. The second kappa shape index (κ2) is 14.9. The minimum Gasteiger partial charge on any atom is -0.741 e. The van der Waals surface area contributed by atoms with E-state index in [4.69, 9.17) is 31.0 Å². The molecule has 1 aromatic carbocycles. The second-order valence-corrected chi connectivity index (χ2v) is 6.92. The van der Waals surface area contributed by atoms with Crippen LogP contribution in [-0.2, 0) is 42.3 Å². The summed E-state index contributed by atoms with van der Waals surface area (Å²) < 4.78 is 0. The number of primary amides is 1. The average Bonchev–Trinajstić information content (AvgIpc) is 2.74. The molecule has 0 aliphatic carbocycles. The van der Waals surface area contributed by atoms with Crippen LogP contribution in [0.2, 0.25) is 0 Å². The van der Waals surface area contributed by atoms with Crippen LogP contribution in [0.25, 0.3) is 0 Å². The average molecular weight is 511 g/mol. The van der Waals surface area contributed by atoms with Gasteiger partial charge in [0.05, 0.1) is 5.71 Å². The van der Waals surface area contributed by atoms with Gasteiger partial charge in [0.1, 0.15) is 5.71 Å². The maximum atomic E-state index is 11.4. The van der Waals surface area contributed by atoms with Crippen LogP contribution in [0.5, 0.6) is 0 Å². The molecule has 0 heterocycles. The largest absolute Gasteiger partial charge is 2.00 e. The number of amides is 1. The molecular formula is C20H29CuN7OS2. The third-order valence-corrected chi connectivity index (χ3v) is 5.05. The summed E-state index contributed by atoms with van der Waals surface area (Å²) in [4.78, 5) is 15.2. The molecule has 1 rings (SSSR count). The van der Waals surface area contributed by atoms with Crippen molar-refractivity contribution in [2.75, 3.05) is 26.2 Å². The number of benzene rings is 1. The fraction of sp³-hybridized carbons (Fsp3) is 0.450. The van der Waals surface area contributed by atoms with E-state index in [2.05, 4.69) is 20.4 Å². The summed E-state index contributed by atoms with van der Waals surface area (Å²) in [6, 6.07) is 6.72. The van der Waals surface area contributed by atoms with E-state index in [1.54, 1.807) is 31.2 Å². The van der Waals surface area contributed by atoms with Gasteiger partial charge in [0.15, 0.2) is 0 Å². The molecule has 0 fully saturated rings. The van der Waals surface area contributed by atoms with Gasteiger partial charge in [-0.3, -0.25) is 4.79 Å². The van der Waals surface area contributed by atoms with Crippen molar-refractivity contribution >= 4 is 52.9 Å². The standard InChI is InChI=1S/C20H31N7OS2.Cu/c1-6-26(7-2)19(29)24-22-14(5)17(23-25-20(30)27(8-3)9-4)15-10-12-16(13-11-15)18(21)28;/h10-13H,6-9H2,1-5H3,(H2,21,28)(H,24,29)(H,25,30);/q;+2/p-2. The SMILES string of the molecule is CCN(CC)C([S-])=NN=C(C)C(=NN=C([S-])N(CC)CC)c1ccc(C(N)=O)cc1.[Cu+2]. The molecule has 0 saturated heterocycles. The van der Waals surface area contributed by atoms with Crippen molar-refractivity contribution in [3.8, 4) is 0 Å². The molecular weight excluding hydrogens is 482 g/mol. The van der Waals surface area contributed by atoms with E-state index < -0.39 is 5.91 Å². The van der Waals surface area contributed by atoms with E-state index in [0.29, 0.717) is 32.9 Å². The molecule has 1 radical (unpaired) electrons. The molecule has 0 aromatic heterocycles. The first-order valence-corrected chi connectivity index (χ1v) is 10.6. The van der Waals surface area contributed by atoms with Gasteiger partial charge in [-0.25, -0.2) is 0 Å². The fourth-order valence-corrected chi connectivity index (χ4v) is 3.10. The molecule has 1 aromatic rings. The molecule has 1 amide bonds. The third kappa shape index (κ3) is 8.90. The predicted octanol–water partition coefficient (Wildman–Crippen LogP) is 2.35. The zero-order valence-corrected chi connectivity index (χ0v) is 21.0. The van der Waals surface area contributed by atoms with Crippen LogP contribution in [0.3, 0.4) is 0 Å². The van der Waals surface area contributed by atoms with Gasteiger partial charge in [0.2, 0.25) is 5.91 Å². The van der Waals surface area contributed by atoms with Crippen LogP contribution in [0.15, 0.2) is 44.7 Å². The predicted molar refractivity (Wildman–Crippen MR) is 130 cm³/mol. The molecule has 31 heavy (non-hydrogen) atoms. The van der Waals surface area contributed by atoms with Crippen LogP contribution in [0, 0.1) is 0 Å². The van der Waals surface area contributed by atoms with Crippen molar-refractivity contribution in [1.29, 1.82) is 0 Å². The summed E-state index contributed by atoms with van der Waals surface area (Å²) in [7, 11) is 0. The number of hydrogen-bond acceptors (Lipinski definition) is 7. The monoisotopic (exact) mass is 510 g/mol. The number of nitrogens with zero attached hydrogens (tertiary/aromatic N) is 6. The summed E-state index contributed by atoms with van der Waals surface area (Å²) in [5.74, 6) is -0.502. The van der Waals surface area contributed by atoms with E-state index >= 15 is 0 Å². The first-order chi connectivity index (χ1) is 14.3. The molecule has 8 nitrogen and oxygen atoms in total. The number of amidine groups is 2. The van der Waals surface area contributed by atoms with E-state index in [1.807, 2.05) is 37.5 Å². The van der Waals surface area contributed by atoms with Crippen molar-refractivity contribution in [3.05, 3.63) is 35.4 Å². The van der Waals surface area contributed by atoms with E-state index in [1.165, 1.54) is 0 Å². The first-order valence-electron chi connectivity index (χ1n) is 9.81. The molecule has 0 aliphatic heterocycles. The van der Waals surface area contributed by atoms with Gasteiger partial charge in [-0.1, -0.05) is 12.1 Å². The molecule has 0 unspecified atom stereocenters. The Kier molecular flexibility index (Phi) is 13.9. The van der Waals surface area contributed by atoms with Gasteiger partial charge < -0.3 is 40.8 Å². The van der Waals surface area contributed by atoms with Crippen molar-refractivity contribution in [1.82, 2.24) is 9.80 Å². The topological polar surface area (TPSA) is 99.0 Å². The zero-order chi connectivity index (χ0) is 22.7. The van der Waals surface area contributed by atoms with Crippen LogP contribution < -0.4 is 5.73 Å². The molecule has 0 atom stereocenters. The molecule has 0 bridgehead atoms. The summed E-state index contributed by atoms with van der Waals surface area (Å²) in [6.45, 7) is 12.7. The maximum absolute atomic E-state index is 11.4. The van der Waals surface area contributed by atoms with Gasteiger partial charge in [0, 0.05) is 47.6 Å². The van der Waals surface area contributed by atoms with Crippen LogP contribution in [0.1, 0.15) is 50.5 Å². The quantitative estimate of drug-likeness (QED) is 0.181. The maximum Gasteiger partial charge on any atom is 2.00 e. The number of rotatable bonds is 9. The summed E-state index contributed by atoms with van der Waals surface area (Å²) in [5, 5.41) is 17.7. The molecule has 0 spiro atoms. The molecule has 0 aliphatic rings. The van der Waals surface area contributed by atoms with Gasteiger partial charge in [-0.2, -0.15) is 15.3 Å². The third-order valence-electron chi connectivity index (χ3n) is 4.37. The Morgan fingerprint density at radius 3 is 1.58 bits per heavy atom. The van der Waals surface area contributed by atoms with Gasteiger partial charge in [-0.15, -0.1) is 5.10 Å². The Morgan fingerprint density at radius 2 is 1.19 bits per heavy atom. The summed E-state index contributed by atoms with van der Waals surface area (Å²) in [6.07, 6.45) is 0. The number of carbonyl (C=O) groups is 1. The van der Waals surface area contributed by atoms with E-state index in [-0.39, 0.29) is 17.1 Å². The Morgan fingerprint density at radius 1 is 0.806 bits per heavy atom. The van der Waals surface area contributed by atoms with Gasteiger partial charge in [0.25, 0.3) is 0 Å². The zero-order valence-electron chi connectivity index (χ0n) is 18.4. The molecule has 0 saturated carbocycles. The Labute approximate surface area is 206 Å². The van der Waals surface area contributed by atoms with Gasteiger partial charge >= 0.3 is 17.1 Å². The molecule has 2 N–H and O–H groups in total. The normalized spacial score (nSPS) is 12.9. The van der Waals surface area contributed by atoms with Crippen molar-refractivity contribution in [2.24, 2.45) is 26.1 Å². The van der Waals surface area contributed by atoms with Crippen LogP contribution >= 0.6 is 0 Å². The fourth-order valence-electron chi connectivity index (χ4n) is 2.50.